The van der Waals surface area contributed by atoms with Crippen molar-refractivity contribution in [1.29, 1.82) is 0 Å². The van der Waals surface area contributed by atoms with E-state index < -0.39 is 15.6 Å². The van der Waals surface area contributed by atoms with Crippen molar-refractivity contribution >= 4 is 38.7 Å². The van der Waals surface area contributed by atoms with Crippen LogP contribution in [0.4, 0.5) is 4.79 Å². The molecule has 7 nitrogen and oxygen atoms in total. The molecule has 2 fully saturated rings. The maximum atomic E-state index is 12.1. The van der Waals surface area contributed by atoms with Gasteiger partial charge in [0, 0.05) is 55.7 Å². The minimum Gasteiger partial charge on any atom is -0.444 e. The topological polar surface area (TPSA) is 59.8 Å². The maximum absolute atomic E-state index is 12.1. The first kappa shape index (κ1) is 23.1. The van der Waals surface area contributed by atoms with E-state index in [-0.39, 0.29) is 11.5 Å². The molecule has 166 valence electrons. The van der Waals surface area contributed by atoms with Crippen LogP contribution < -0.4 is 0 Å². The van der Waals surface area contributed by atoms with E-state index >= 15 is 0 Å². The van der Waals surface area contributed by atoms with Gasteiger partial charge in [0.1, 0.15) is 16.0 Å². The molecule has 2 saturated heterocycles. The highest BCUT2D eigenvalue weighted by Crippen LogP contribution is 2.41. The molecule has 0 bridgehead atoms. The zero-order valence-corrected chi connectivity index (χ0v) is 21.5. The van der Waals surface area contributed by atoms with Crippen LogP contribution in [-0.4, -0.2) is 88.6 Å². The molecular weight excluding hydrogens is 503 g/mol. The molecule has 3 heterocycles. The van der Waals surface area contributed by atoms with Crippen LogP contribution in [0.3, 0.4) is 0 Å². The Bertz CT molecular complexity index is 727. The lowest BCUT2D eigenvalue weighted by molar-refractivity contribution is -0.115. The quantitative estimate of drug-likeness (QED) is 0.394. The van der Waals surface area contributed by atoms with E-state index in [1.807, 2.05) is 30.4 Å². The number of carbonyl (C=O) groups excluding carboxylic acids is 1. The zero-order valence-electron chi connectivity index (χ0n) is 18.5. The number of ether oxygens (including phenoxy) is 2. The van der Waals surface area contributed by atoms with Crippen molar-refractivity contribution in [3.63, 3.8) is 0 Å². The second-order valence-corrected chi connectivity index (χ2v) is 15.9. The van der Waals surface area contributed by atoms with Crippen molar-refractivity contribution in [2.75, 3.05) is 57.3 Å². The molecule has 0 saturated carbocycles. The van der Waals surface area contributed by atoms with Crippen molar-refractivity contribution < 1.29 is 14.3 Å². The van der Waals surface area contributed by atoms with Gasteiger partial charge in [0.2, 0.25) is 0 Å². The molecule has 0 radical (unpaired) electrons. The summed E-state index contributed by atoms with van der Waals surface area (Å²) in [5, 5.41) is 4.58. The minimum atomic E-state index is -0.515. The molecule has 0 unspecified atom stereocenters. The third-order valence-corrected chi connectivity index (χ3v) is 7.37. The molecule has 0 N–H and O–H groups in total. The van der Waals surface area contributed by atoms with E-state index in [2.05, 4.69) is 57.6 Å². The molecule has 2 aliphatic rings. The summed E-state index contributed by atoms with van der Waals surface area (Å²) in [6.45, 7) is 11.6. The summed E-state index contributed by atoms with van der Waals surface area (Å²) in [4.78, 5) is 16.4. The summed E-state index contributed by atoms with van der Waals surface area (Å²) in [7, 11) is -0.515. The van der Waals surface area contributed by atoms with Crippen molar-refractivity contribution in [2.45, 2.75) is 39.6 Å². The molecule has 0 aromatic carbocycles. The van der Waals surface area contributed by atoms with Crippen LogP contribution in [0.15, 0.2) is 6.20 Å². The number of halogens is 1. The Balaban J connectivity index is 1.39. The molecule has 1 aromatic heterocycles. The van der Waals surface area contributed by atoms with Crippen molar-refractivity contribution in [1.82, 2.24) is 19.6 Å². The molecule has 1 spiro atoms. The summed E-state index contributed by atoms with van der Waals surface area (Å²) < 4.78 is 14.2. The summed E-state index contributed by atoms with van der Waals surface area (Å²) in [6, 6.07) is 0. The van der Waals surface area contributed by atoms with E-state index in [0.717, 1.165) is 48.8 Å². The molecule has 9 heteroatoms. The number of nitrogens with zero attached hydrogens (tertiary/aromatic N) is 4. The second-order valence-electron chi connectivity index (χ2n) is 10.3. The fourth-order valence-electron chi connectivity index (χ4n) is 3.75. The van der Waals surface area contributed by atoms with Crippen LogP contribution >= 0.6 is 32.6 Å². The predicted molar refractivity (Wildman–Crippen MR) is 127 cm³/mol. The van der Waals surface area contributed by atoms with Gasteiger partial charge < -0.3 is 14.4 Å². The van der Waals surface area contributed by atoms with Gasteiger partial charge in [-0.1, -0.05) is 0 Å². The number of amides is 1. The standard InChI is InChI=1S/C20H35IN4O3S/c1-19(2,3)28-18(26)24-13-20(14-24)11-23(12-20)9-16-10-25(22-17(16)21)15-27-7-8-29(4,5)6/h10H,7-9,11-15H2,1-6H3. The fourth-order valence-corrected chi connectivity index (χ4v) is 4.96. The first-order valence-electron chi connectivity index (χ1n) is 10.0. The summed E-state index contributed by atoms with van der Waals surface area (Å²) in [5.74, 6) is 1.12. The van der Waals surface area contributed by atoms with Gasteiger partial charge in [-0.3, -0.25) is 4.90 Å². The number of likely N-dealkylation sites (tertiary alicyclic amines) is 2. The van der Waals surface area contributed by atoms with E-state index in [0.29, 0.717) is 6.73 Å². The Morgan fingerprint density at radius 1 is 1.24 bits per heavy atom. The Morgan fingerprint density at radius 2 is 1.90 bits per heavy atom. The number of carbonyl (C=O) groups is 1. The summed E-state index contributed by atoms with van der Waals surface area (Å²) >= 11 is 2.31. The Kier molecular flexibility index (Phi) is 6.82. The van der Waals surface area contributed by atoms with Crippen LogP contribution in [0.2, 0.25) is 0 Å². The fraction of sp³-hybridized carbons (Fsp3) is 0.800. The molecule has 2 aliphatic heterocycles. The number of rotatable bonds is 7. The summed E-state index contributed by atoms with van der Waals surface area (Å²) in [5.41, 5.74) is 1.07. The lowest BCUT2D eigenvalue weighted by Gasteiger charge is -2.60. The minimum absolute atomic E-state index is 0.189. The van der Waals surface area contributed by atoms with E-state index in [4.69, 9.17) is 9.47 Å². The van der Waals surface area contributed by atoms with Gasteiger partial charge in [-0.15, -0.1) is 0 Å². The molecule has 0 aliphatic carbocycles. The van der Waals surface area contributed by atoms with Crippen LogP contribution in [0.1, 0.15) is 26.3 Å². The zero-order chi connectivity index (χ0) is 21.4. The van der Waals surface area contributed by atoms with Crippen molar-refractivity contribution in [2.24, 2.45) is 5.41 Å². The van der Waals surface area contributed by atoms with Crippen LogP contribution in [0.5, 0.6) is 0 Å². The molecule has 29 heavy (non-hydrogen) atoms. The van der Waals surface area contributed by atoms with Gasteiger partial charge in [-0.05, 0) is 62.1 Å². The molecule has 1 amide bonds. The first-order valence-corrected chi connectivity index (χ1v) is 14.1. The van der Waals surface area contributed by atoms with Crippen molar-refractivity contribution in [3.05, 3.63) is 15.5 Å². The maximum Gasteiger partial charge on any atom is 0.410 e. The smallest absolute Gasteiger partial charge is 0.410 e. The molecule has 3 rings (SSSR count). The third-order valence-electron chi connectivity index (χ3n) is 5.07. The van der Waals surface area contributed by atoms with Gasteiger partial charge in [-0.2, -0.15) is 5.10 Å². The van der Waals surface area contributed by atoms with Gasteiger partial charge >= 0.3 is 6.09 Å². The summed E-state index contributed by atoms with van der Waals surface area (Å²) in [6.07, 6.45) is 8.83. The van der Waals surface area contributed by atoms with E-state index in [9.17, 15) is 4.79 Å². The number of hydrogen-bond donors (Lipinski definition) is 0. The highest BCUT2D eigenvalue weighted by atomic mass is 127. The van der Waals surface area contributed by atoms with Crippen LogP contribution in [-0.2, 0) is 22.7 Å². The lowest BCUT2D eigenvalue weighted by Crippen LogP contribution is -2.72. The van der Waals surface area contributed by atoms with E-state index in [1.165, 1.54) is 5.56 Å². The van der Waals surface area contributed by atoms with Gasteiger partial charge in [0.25, 0.3) is 0 Å². The normalized spacial score (nSPS) is 19.8. The van der Waals surface area contributed by atoms with Gasteiger partial charge in [-0.25, -0.2) is 19.5 Å². The van der Waals surface area contributed by atoms with Crippen LogP contribution in [0.25, 0.3) is 0 Å². The Morgan fingerprint density at radius 3 is 2.48 bits per heavy atom. The Labute approximate surface area is 189 Å². The predicted octanol–water partition coefficient (Wildman–Crippen LogP) is 3.21. The highest BCUT2D eigenvalue weighted by Gasteiger charge is 2.53. The third kappa shape index (κ3) is 6.48. The van der Waals surface area contributed by atoms with Gasteiger partial charge in [0.05, 0.1) is 6.61 Å². The monoisotopic (exact) mass is 538 g/mol. The average Bonchev–Trinajstić information content (AvgIpc) is 2.82. The largest absolute Gasteiger partial charge is 0.444 e. The SMILES string of the molecule is CC(C)(C)OC(=O)N1CC2(CN(Cc3cn(COCCS(C)(C)C)nc3I)C2)C1. The van der Waals surface area contributed by atoms with Crippen molar-refractivity contribution in [3.8, 4) is 0 Å². The molecule has 0 atom stereocenters. The van der Waals surface area contributed by atoms with Crippen LogP contribution in [0, 0.1) is 9.12 Å². The number of aromatic nitrogens is 2. The van der Waals surface area contributed by atoms with Gasteiger partial charge in [0.15, 0.2) is 0 Å². The highest BCUT2D eigenvalue weighted by molar-refractivity contribution is 14.1. The van der Waals surface area contributed by atoms with E-state index in [1.54, 1.807) is 0 Å². The molecule has 1 aromatic rings. The lowest BCUT2D eigenvalue weighted by atomic mass is 9.73. The Hall–Kier alpha value is -0.520. The second kappa shape index (κ2) is 8.55. The molecular formula is C20H35IN4O3S. The first-order chi connectivity index (χ1) is 13.3. The average molecular weight is 538 g/mol. The number of hydrogen-bond acceptors (Lipinski definition) is 5.